The molecule has 4 heteroatoms. The van der Waals surface area contributed by atoms with Crippen molar-refractivity contribution in [3.63, 3.8) is 0 Å². The van der Waals surface area contributed by atoms with Crippen LogP contribution < -0.4 is 11.1 Å². The first kappa shape index (κ1) is 15.1. The maximum Gasteiger partial charge on any atom is 0.252 e. The van der Waals surface area contributed by atoms with Crippen LogP contribution in [-0.4, -0.2) is 24.2 Å². The van der Waals surface area contributed by atoms with Crippen molar-refractivity contribution in [3.8, 4) is 0 Å². The highest BCUT2D eigenvalue weighted by Gasteiger charge is 2.11. The standard InChI is InChI=1S/C14H22N2OS/c1-11(2)18-13-8-4-3-7-12(13)14(17)16-10-6-5-9-15/h3-4,7-8,11H,5-6,9-10,15H2,1-2H3,(H,16,17). The van der Waals surface area contributed by atoms with Gasteiger partial charge in [-0.3, -0.25) is 4.79 Å². The number of hydrogen-bond acceptors (Lipinski definition) is 3. The summed E-state index contributed by atoms with van der Waals surface area (Å²) < 4.78 is 0. The number of rotatable bonds is 7. The third-order valence-electron chi connectivity index (χ3n) is 2.41. The van der Waals surface area contributed by atoms with E-state index in [1.807, 2.05) is 24.3 Å². The van der Waals surface area contributed by atoms with Gasteiger partial charge in [-0.15, -0.1) is 11.8 Å². The van der Waals surface area contributed by atoms with Crippen LogP contribution in [-0.2, 0) is 0 Å². The number of nitrogens with two attached hydrogens (primary N) is 1. The summed E-state index contributed by atoms with van der Waals surface area (Å²) >= 11 is 1.72. The molecule has 0 atom stereocenters. The zero-order chi connectivity index (χ0) is 13.4. The van der Waals surface area contributed by atoms with Crippen LogP contribution in [0.15, 0.2) is 29.2 Å². The molecule has 0 saturated carbocycles. The molecule has 0 aliphatic carbocycles. The second-order valence-corrected chi connectivity index (χ2v) is 6.03. The number of unbranched alkanes of at least 4 members (excludes halogenated alkanes) is 1. The second kappa shape index (κ2) is 8.16. The van der Waals surface area contributed by atoms with E-state index in [0.717, 1.165) is 23.3 Å². The zero-order valence-corrected chi connectivity index (χ0v) is 11.9. The number of nitrogens with one attached hydrogen (secondary N) is 1. The third kappa shape index (κ3) is 5.10. The number of amides is 1. The lowest BCUT2D eigenvalue weighted by Gasteiger charge is -2.11. The Kier molecular flexibility index (Phi) is 6.83. The fraction of sp³-hybridized carbons (Fsp3) is 0.500. The van der Waals surface area contributed by atoms with Crippen LogP contribution in [0.4, 0.5) is 0 Å². The van der Waals surface area contributed by atoms with Gasteiger partial charge in [0.1, 0.15) is 0 Å². The lowest BCUT2D eigenvalue weighted by molar-refractivity contribution is 0.0950. The molecule has 0 heterocycles. The van der Waals surface area contributed by atoms with E-state index in [9.17, 15) is 4.79 Å². The maximum absolute atomic E-state index is 12.1. The van der Waals surface area contributed by atoms with Crippen molar-refractivity contribution in [3.05, 3.63) is 29.8 Å². The van der Waals surface area contributed by atoms with E-state index in [0.29, 0.717) is 18.3 Å². The lowest BCUT2D eigenvalue weighted by atomic mass is 10.2. The molecule has 0 bridgehead atoms. The molecule has 0 radical (unpaired) electrons. The van der Waals surface area contributed by atoms with E-state index in [1.54, 1.807) is 11.8 Å². The van der Waals surface area contributed by atoms with Crippen molar-refractivity contribution in [2.24, 2.45) is 5.73 Å². The van der Waals surface area contributed by atoms with E-state index in [4.69, 9.17) is 5.73 Å². The normalized spacial score (nSPS) is 10.7. The zero-order valence-electron chi connectivity index (χ0n) is 11.1. The summed E-state index contributed by atoms with van der Waals surface area (Å²) in [5, 5.41) is 3.41. The molecule has 18 heavy (non-hydrogen) atoms. The topological polar surface area (TPSA) is 55.1 Å². The van der Waals surface area contributed by atoms with Crippen molar-refractivity contribution in [2.45, 2.75) is 36.8 Å². The molecule has 1 aromatic rings. The highest BCUT2D eigenvalue weighted by Crippen LogP contribution is 2.26. The van der Waals surface area contributed by atoms with Crippen LogP contribution >= 0.6 is 11.8 Å². The minimum absolute atomic E-state index is 0.00997. The van der Waals surface area contributed by atoms with Crippen LogP contribution in [0, 0.1) is 0 Å². The Balaban J connectivity index is 2.61. The number of carbonyl (C=O) groups is 1. The van der Waals surface area contributed by atoms with E-state index in [1.165, 1.54) is 0 Å². The second-order valence-electron chi connectivity index (χ2n) is 4.41. The summed E-state index contributed by atoms with van der Waals surface area (Å²) in [5.74, 6) is 0.00997. The molecule has 0 aliphatic heterocycles. The van der Waals surface area contributed by atoms with Gasteiger partial charge < -0.3 is 11.1 Å². The summed E-state index contributed by atoms with van der Waals surface area (Å²) in [6.45, 7) is 5.62. The van der Waals surface area contributed by atoms with E-state index in [2.05, 4.69) is 19.2 Å². The smallest absolute Gasteiger partial charge is 0.252 e. The quantitative estimate of drug-likeness (QED) is 0.589. The summed E-state index contributed by atoms with van der Waals surface area (Å²) in [4.78, 5) is 13.1. The average Bonchev–Trinajstić information content (AvgIpc) is 2.34. The van der Waals surface area contributed by atoms with E-state index in [-0.39, 0.29) is 5.91 Å². The van der Waals surface area contributed by atoms with Crippen LogP contribution in [0.25, 0.3) is 0 Å². The summed E-state index contributed by atoms with van der Waals surface area (Å²) in [5.41, 5.74) is 6.19. The predicted molar refractivity (Wildman–Crippen MR) is 78.1 cm³/mol. The molecule has 0 unspecified atom stereocenters. The monoisotopic (exact) mass is 266 g/mol. The van der Waals surface area contributed by atoms with E-state index >= 15 is 0 Å². The van der Waals surface area contributed by atoms with Gasteiger partial charge in [-0.25, -0.2) is 0 Å². The Bertz CT molecular complexity index is 380. The van der Waals surface area contributed by atoms with Crippen molar-refractivity contribution >= 4 is 17.7 Å². The molecule has 3 N–H and O–H groups in total. The predicted octanol–water partition coefficient (Wildman–Crippen LogP) is 2.66. The summed E-state index contributed by atoms with van der Waals surface area (Å²) in [6.07, 6.45) is 1.88. The van der Waals surface area contributed by atoms with Gasteiger partial charge in [0.05, 0.1) is 5.56 Å². The largest absolute Gasteiger partial charge is 0.352 e. The van der Waals surface area contributed by atoms with Crippen LogP contribution in [0.3, 0.4) is 0 Å². The minimum Gasteiger partial charge on any atom is -0.352 e. The fourth-order valence-corrected chi connectivity index (χ4v) is 2.53. The first-order valence-electron chi connectivity index (χ1n) is 6.39. The third-order valence-corrected chi connectivity index (χ3v) is 3.49. The van der Waals surface area contributed by atoms with Gasteiger partial charge in [0.25, 0.3) is 5.91 Å². The van der Waals surface area contributed by atoms with Crippen molar-refractivity contribution in [1.29, 1.82) is 0 Å². The first-order valence-corrected chi connectivity index (χ1v) is 7.27. The highest BCUT2D eigenvalue weighted by atomic mass is 32.2. The SMILES string of the molecule is CC(C)Sc1ccccc1C(=O)NCCCCN. The first-order chi connectivity index (χ1) is 8.65. The number of thioether (sulfide) groups is 1. The van der Waals surface area contributed by atoms with Gasteiger partial charge >= 0.3 is 0 Å². The lowest BCUT2D eigenvalue weighted by Crippen LogP contribution is -2.25. The molecule has 100 valence electrons. The Morgan fingerprint density at radius 1 is 1.33 bits per heavy atom. The van der Waals surface area contributed by atoms with Gasteiger partial charge in [0.2, 0.25) is 0 Å². The maximum atomic E-state index is 12.1. The van der Waals surface area contributed by atoms with Gasteiger partial charge in [-0.1, -0.05) is 26.0 Å². The Hall–Kier alpha value is -1.00. The average molecular weight is 266 g/mol. The Labute approximate surface area is 114 Å². The van der Waals surface area contributed by atoms with Gasteiger partial charge in [-0.05, 0) is 31.5 Å². The number of hydrogen-bond donors (Lipinski definition) is 2. The van der Waals surface area contributed by atoms with Crippen LogP contribution in [0.2, 0.25) is 0 Å². The molecular formula is C14H22N2OS. The molecule has 0 spiro atoms. The van der Waals surface area contributed by atoms with Gasteiger partial charge in [0, 0.05) is 16.7 Å². The van der Waals surface area contributed by atoms with Gasteiger partial charge in [0.15, 0.2) is 0 Å². The molecule has 0 fully saturated rings. The van der Waals surface area contributed by atoms with Gasteiger partial charge in [-0.2, -0.15) is 0 Å². The molecule has 1 rings (SSSR count). The summed E-state index contributed by atoms with van der Waals surface area (Å²) in [6, 6.07) is 7.75. The number of benzene rings is 1. The fourth-order valence-electron chi connectivity index (χ4n) is 1.58. The molecule has 1 aromatic carbocycles. The highest BCUT2D eigenvalue weighted by molar-refractivity contribution is 8.00. The minimum atomic E-state index is 0.00997. The van der Waals surface area contributed by atoms with Crippen LogP contribution in [0.5, 0.6) is 0 Å². The van der Waals surface area contributed by atoms with Crippen molar-refractivity contribution in [1.82, 2.24) is 5.32 Å². The molecule has 3 nitrogen and oxygen atoms in total. The van der Waals surface area contributed by atoms with Crippen molar-refractivity contribution in [2.75, 3.05) is 13.1 Å². The number of carbonyl (C=O) groups excluding carboxylic acids is 1. The molecule has 0 aromatic heterocycles. The van der Waals surface area contributed by atoms with E-state index < -0.39 is 0 Å². The summed E-state index contributed by atoms with van der Waals surface area (Å²) in [7, 11) is 0. The molecule has 0 aliphatic rings. The Morgan fingerprint density at radius 2 is 2.06 bits per heavy atom. The molecule has 1 amide bonds. The molecular weight excluding hydrogens is 244 g/mol. The Morgan fingerprint density at radius 3 is 2.72 bits per heavy atom. The van der Waals surface area contributed by atoms with Crippen molar-refractivity contribution < 1.29 is 4.79 Å². The van der Waals surface area contributed by atoms with Crippen LogP contribution in [0.1, 0.15) is 37.0 Å². The molecule has 0 saturated heterocycles.